The second-order valence-electron chi connectivity index (χ2n) is 4.06. The number of esters is 1. The zero-order chi connectivity index (χ0) is 14.5. The number of anilines is 1. The number of nitrogens with one attached hydrogen (secondary N) is 1. The molecule has 0 radical (unpaired) electrons. The maximum atomic E-state index is 11.7. The minimum atomic E-state index is -0.463. The summed E-state index contributed by atoms with van der Waals surface area (Å²) in [5.41, 5.74) is 1.54. The number of hydrogen-bond acceptors (Lipinski definition) is 4. The van der Waals surface area contributed by atoms with E-state index in [9.17, 15) is 9.59 Å². The van der Waals surface area contributed by atoms with Crippen molar-refractivity contribution in [2.75, 3.05) is 11.9 Å². The molecule has 1 aromatic carbocycles. The van der Waals surface area contributed by atoms with E-state index in [4.69, 9.17) is 4.74 Å². The number of thiophene rings is 1. The Balaban J connectivity index is 1.85. The molecule has 0 spiro atoms. The van der Waals surface area contributed by atoms with Crippen molar-refractivity contribution < 1.29 is 14.3 Å². The highest BCUT2D eigenvalue weighted by Gasteiger charge is 2.13. The minimum Gasteiger partial charge on any atom is -0.451 e. The molecule has 20 heavy (non-hydrogen) atoms. The van der Waals surface area contributed by atoms with Gasteiger partial charge in [0.05, 0.1) is 0 Å². The summed E-state index contributed by atoms with van der Waals surface area (Å²) in [5, 5.41) is 4.49. The predicted molar refractivity (Wildman–Crippen MR) is 87.1 cm³/mol. The summed E-state index contributed by atoms with van der Waals surface area (Å²) in [7, 11) is 0. The van der Waals surface area contributed by atoms with Crippen LogP contribution in [0.25, 0.3) is 0 Å². The zero-order valence-corrected chi connectivity index (χ0v) is 13.7. The maximum Gasteiger partial charge on any atom is 0.349 e. The lowest BCUT2D eigenvalue weighted by Crippen LogP contribution is -2.20. The van der Waals surface area contributed by atoms with Gasteiger partial charge in [-0.1, -0.05) is 0 Å². The molecule has 2 rings (SSSR count). The number of rotatable bonds is 4. The predicted octanol–water partition coefficient (Wildman–Crippen LogP) is 3.46. The first-order valence-corrected chi connectivity index (χ1v) is 7.79. The summed E-state index contributed by atoms with van der Waals surface area (Å²) in [6, 6.07) is 9.21. The van der Waals surface area contributed by atoms with Gasteiger partial charge in [-0.3, -0.25) is 4.79 Å². The van der Waals surface area contributed by atoms with E-state index in [1.165, 1.54) is 11.3 Å². The van der Waals surface area contributed by atoms with E-state index in [1.54, 1.807) is 12.1 Å². The highest BCUT2D eigenvalue weighted by Crippen LogP contribution is 2.16. The number of hydrogen-bond donors (Lipinski definition) is 1. The fourth-order valence-electron chi connectivity index (χ4n) is 1.51. The molecule has 0 aliphatic carbocycles. The van der Waals surface area contributed by atoms with Gasteiger partial charge in [0.25, 0.3) is 5.91 Å². The summed E-state index contributed by atoms with van der Waals surface area (Å²) < 4.78 is 6.07. The van der Waals surface area contributed by atoms with Gasteiger partial charge in [-0.15, -0.1) is 11.3 Å². The second-order valence-corrected chi connectivity index (χ2v) is 6.23. The average molecular weight is 401 g/mol. The van der Waals surface area contributed by atoms with Crippen LogP contribution >= 0.6 is 33.9 Å². The van der Waals surface area contributed by atoms with Crippen LogP contribution in [0.5, 0.6) is 0 Å². The van der Waals surface area contributed by atoms with Gasteiger partial charge in [0.15, 0.2) is 6.61 Å². The fourth-order valence-corrected chi connectivity index (χ4v) is 2.69. The van der Waals surface area contributed by atoms with E-state index in [-0.39, 0.29) is 12.5 Å². The van der Waals surface area contributed by atoms with Crippen LogP contribution in [-0.2, 0) is 9.53 Å². The van der Waals surface area contributed by atoms with Crippen LogP contribution < -0.4 is 5.32 Å². The minimum absolute atomic E-state index is 0.290. The van der Waals surface area contributed by atoms with E-state index in [1.807, 2.05) is 30.5 Å². The van der Waals surface area contributed by atoms with Crippen LogP contribution in [0.2, 0.25) is 0 Å². The van der Waals surface area contributed by atoms with Gasteiger partial charge in [0.1, 0.15) is 4.88 Å². The topological polar surface area (TPSA) is 55.4 Å². The number of amides is 1. The molecule has 0 unspecified atom stereocenters. The van der Waals surface area contributed by atoms with Crippen molar-refractivity contribution in [3.63, 3.8) is 0 Å². The monoisotopic (exact) mass is 401 g/mol. The lowest BCUT2D eigenvalue weighted by atomic mass is 10.3. The van der Waals surface area contributed by atoms with Crippen molar-refractivity contribution in [2.24, 2.45) is 0 Å². The molecular formula is C14H12INO3S. The van der Waals surface area contributed by atoms with Crippen molar-refractivity contribution >= 4 is 51.5 Å². The van der Waals surface area contributed by atoms with Gasteiger partial charge in [0.2, 0.25) is 0 Å². The molecule has 104 valence electrons. The number of carbonyl (C=O) groups is 2. The molecule has 1 heterocycles. The van der Waals surface area contributed by atoms with Gasteiger partial charge < -0.3 is 10.1 Å². The Kier molecular flexibility index (Phi) is 5.13. The van der Waals surface area contributed by atoms with Crippen LogP contribution in [0, 0.1) is 10.5 Å². The van der Waals surface area contributed by atoms with Crippen molar-refractivity contribution in [2.45, 2.75) is 6.92 Å². The molecule has 0 bridgehead atoms. The zero-order valence-electron chi connectivity index (χ0n) is 10.7. The summed E-state index contributed by atoms with van der Waals surface area (Å²) >= 11 is 3.49. The number of carbonyl (C=O) groups excluding carboxylic acids is 2. The summed E-state index contributed by atoms with van der Waals surface area (Å²) in [6.07, 6.45) is 0. The average Bonchev–Trinajstić information content (AvgIpc) is 2.85. The molecule has 4 nitrogen and oxygen atoms in total. The highest BCUT2D eigenvalue weighted by atomic mass is 127. The van der Waals surface area contributed by atoms with Crippen LogP contribution in [-0.4, -0.2) is 18.5 Å². The normalized spacial score (nSPS) is 10.1. The summed E-state index contributed by atoms with van der Waals surface area (Å²) in [6.45, 7) is 1.54. The molecule has 0 saturated carbocycles. The van der Waals surface area contributed by atoms with Crippen LogP contribution in [0.3, 0.4) is 0 Å². The van der Waals surface area contributed by atoms with Crippen LogP contribution in [0.4, 0.5) is 5.69 Å². The molecule has 1 aromatic heterocycles. The Morgan fingerprint density at radius 1 is 1.25 bits per heavy atom. The third-order valence-corrected chi connectivity index (χ3v) is 4.23. The molecule has 0 atom stereocenters. The molecule has 0 saturated heterocycles. The number of halogens is 1. The van der Waals surface area contributed by atoms with E-state index < -0.39 is 5.97 Å². The van der Waals surface area contributed by atoms with Gasteiger partial charge in [-0.2, -0.15) is 0 Å². The molecule has 6 heteroatoms. The van der Waals surface area contributed by atoms with Crippen molar-refractivity contribution in [1.82, 2.24) is 0 Å². The summed E-state index contributed by atoms with van der Waals surface area (Å²) in [5.74, 6) is -0.816. The molecule has 2 aromatic rings. The first-order valence-electron chi connectivity index (χ1n) is 5.83. The Hall–Kier alpha value is -1.41. The molecule has 1 amide bonds. The highest BCUT2D eigenvalue weighted by molar-refractivity contribution is 14.1. The largest absolute Gasteiger partial charge is 0.451 e. The Bertz CT molecular complexity index is 622. The second kappa shape index (κ2) is 6.85. The summed E-state index contributed by atoms with van der Waals surface area (Å²) in [4.78, 5) is 23.9. The maximum absolute atomic E-state index is 11.7. The van der Waals surface area contributed by atoms with Crippen molar-refractivity contribution in [3.8, 4) is 0 Å². The fraction of sp³-hybridized carbons (Fsp3) is 0.143. The molecule has 1 N–H and O–H groups in total. The molecule has 0 fully saturated rings. The van der Waals surface area contributed by atoms with Gasteiger partial charge in [-0.05, 0) is 70.8 Å². The lowest BCUT2D eigenvalue weighted by Gasteiger charge is -2.06. The van der Waals surface area contributed by atoms with Crippen LogP contribution in [0.15, 0.2) is 35.7 Å². The Morgan fingerprint density at radius 3 is 2.55 bits per heavy atom. The Labute approximate surface area is 134 Å². The van der Waals surface area contributed by atoms with E-state index in [0.29, 0.717) is 10.6 Å². The van der Waals surface area contributed by atoms with Gasteiger partial charge >= 0.3 is 5.97 Å². The third-order valence-electron chi connectivity index (χ3n) is 2.51. The molecular weight excluding hydrogens is 389 g/mol. The number of benzene rings is 1. The van der Waals surface area contributed by atoms with E-state index in [0.717, 1.165) is 9.13 Å². The third kappa shape index (κ3) is 4.04. The molecule has 0 aliphatic heterocycles. The first kappa shape index (κ1) is 15.0. The lowest BCUT2D eigenvalue weighted by molar-refractivity contribution is -0.119. The number of ether oxygens (including phenoxy) is 1. The Morgan fingerprint density at radius 2 is 1.95 bits per heavy atom. The van der Waals surface area contributed by atoms with Crippen molar-refractivity contribution in [3.05, 3.63) is 49.7 Å². The quantitative estimate of drug-likeness (QED) is 0.631. The van der Waals surface area contributed by atoms with Gasteiger partial charge in [-0.25, -0.2) is 4.79 Å². The van der Waals surface area contributed by atoms with E-state index in [2.05, 4.69) is 27.9 Å². The van der Waals surface area contributed by atoms with Crippen LogP contribution in [0.1, 0.15) is 15.2 Å². The number of aryl methyl sites for hydroxylation is 1. The SMILES string of the molecule is Cc1ccsc1C(=O)OCC(=O)Nc1ccc(I)cc1. The standard InChI is InChI=1S/C14H12INO3S/c1-9-6-7-20-13(9)14(18)19-8-12(17)16-11-4-2-10(15)3-5-11/h2-7H,8H2,1H3,(H,16,17). The smallest absolute Gasteiger partial charge is 0.349 e. The molecule has 0 aliphatic rings. The van der Waals surface area contributed by atoms with E-state index >= 15 is 0 Å². The van der Waals surface area contributed by atoms with Crippen molar-refractivity contribution in [1.29, 1.82) is 0 Å². The first-order chi connectivity index (χ1) is 9.56. The van der Waals surface area contributed by atoms with Gasteiger partial charge in [0, 0.05) is 9.26 Å².